The van der Waals surface area contributed by atoms with Crippen LogP contribution in [-0.2, 0) is 11.2 Å². The summed E-state index contributed by atoms with van der Waals surface area (Å²) >= 11 is 5.07. The van der Waals surface area contributed by atoms with Gasteiger partial charge in [0.2, 0.25) is 0 Å². The molecule has 0 spiro atoms. The number of hydrogen-bond donors (Lipinski definition) is 2. The second-order valence-electron chi connectivity index (χ2n) is 3.44. The Bertz CT molecular complexity index is 405. The lowest BCUT2D eigenvalue weighted by molar-refractivity contribution is -0.137. The molecule has 1 aliphatic rings. The Morgan fingerprint density at radius 3 is 3.00 bits per heavy atom. The molecule has 0 saturated heterocycles. The Kier molecular flexibility index (Phi) is 2.37. The third-order valence-electron chi connectivity index (χ3n) is 2.25. The number of aliphatic carboxylic acids is 1. The Morgan fingerprint density at radius 1 is 1.71 bits per heavy atom. The zero-order chi connectivity index (χ0) is 10.1. The molecular formula is C8H11N3O2S. The van der Waals surface area contributed by atoms with Crippen molar-refractivity contribution in [3.63, 3.8) is 0 Å². The predicted octanol–water partition coefficient (Wildman–Crippen LogP) is 1.29. The van der Waals surface area contributed by atoms with Gasteiger partial charge in [-0.25, -0.2) is 0 Å². The van der Waals surface area contributed by atoms with Gasteiger partial charge in [0.25, 0.3) is 0 Å². The molecule has 6 heteroatoms. The Hall–Kier alpha value is -1.17. The van der Waals surface area contributed by atoms with Crippen molar-refractivity contribution < 1.29 is 9.90 Å². The van der Waals surface area contributed by atoms with E-state index in [1.165, 1.54) is 0 Å². The number of hydrogen-bond acceptors (Lipinski definition) is 3. The number of carboxylic acids is 1. The minimum absolute atomic E-state index is 0.104. The largest absolute Gasteiger partial charge is 0.481 e. The Balaban J connectivity index is 2.16. The van der Waals surface area contributed by atoms with Crippen molar-refractivity contribution in [3.8, 4) is 0 Å². The number of aromatic nitrogens is 3. The maximum Gasteiger partial charge on any atom is 0.303 e. The van der Waals surface area contributed by atoms with Gasteiger partial charge >= 0.3 is 5.97 Å². The lowest BCUT2D eigenvalue weighted by Gasteiger charge is -2.02. The van der Waals surface area contributed by atoms with Crippen molar-refractivity contribution in [2.45, 2.75) is 31.7 Å². The van der Waals surface area contributed by atoms with Crippen LogP contribution in [0.1, 0.15) is 31.1 Å². The number of nitrogens with zero attached hydrogens (tertiary/aromatic N) is 2. The molecule has 2 N–H and O–H groups in total. The number of carboxylic acid groups (broad SMARTS) is 1. The zero-order valence-electron chi connectivity index (χ0n) is 7.56. The van der Waals surface area contributed by atoms with E-state index in [9.17, 15) is 4.79 Å². The summed E-state index contributed by atoms with van der Waals surface area (Å²) in [4.78, 5) is 10.4. The van der Waals surface area contributed by atoms with Gasteiger partial charge in [0, 0.05) is 12.5 Å². The van der Waals surface area contributed by atoms with Gasteiger partial charge in [-0.1, -0.05) is 0 Å². The van der Waals surface area contributed by atoms with Crippen LogP contribution in [0.15, 0.2) is 0 Å². The quantitative estimate of drug-likeness (QED) is 0.739. The van der Waals surface area contributed by atoms with Crippen LogP contribution >= 0.6 is 12.2 Å². The van der Waals surface area contributed by atoms with Crippen LogP contribution in [0.25, 0.3) is 0 Å². The highest BCUT2D eigenvalue weighted by Crippen LogP contribution is 2.35. The van der Waals surface area contributed by atoms with Crippen LogP contribution in [0.2, 0.25) is 0 Å². The van der Waals surface area contributed by atoms with Gasteiger partial charge < -0.3 is 9.67 Å². The highest BCUT2D eigenvalue weighted by Gasteiger charge is 2.27. The minimum Gasteiger partial charge on any atom is -0.481 e. The van der Waals surface area contributed by atoms with Crippen molar-refractivity contribution in [1.82, 2.24) is 14.8 Å². The predicted molar refractivity (Wildman–Crippen MR) is 51.6 cm³/mol. The summed E-state index contributed by atoms with van der Waals surface area (Å²) in [6.07, 6.45) is 2.78. The zero-order valence-corrected chi connectivity index (χ0v) is 8.38. The van der Waals surface area contributed by atoms with E-state index >= 15 is 0 Å². The van der Waals surface area contributed by atoms with Gasteiger partial charge in [0.15, 0.2) is 4.77 Å². The number of nitrogens with one attached hydrogen (secondary N) is 1. The fourth-order valence-electron chi connectivity index (χ4n) is 1.44. The number of aromatic amines is 1. The molecule has 1 aliphatic carbocycles. The van der Waals surface area contributed by atoms with Crippen LogP contribution in [-0.4, -0.2) is 25.8 Å². The minimum atomic E-state index is -0.804. The van der Waals surface area contributed by atoms with Crippen molar-refractivity contribution in [3.05, 3.63) is 10.6 Å². The van der Waals surface area contributed by atoms with Crippen LogP contribution in [0.3, 0.4) is 0 Å². The van der Waals surface area contributed by atoms with E-state index < -0.39 is 5.97 Å². The monoisotopic (exact) mass is 213 g/mol. The van der Waals surface area contributed by atoms with Gasteiger partial charge in [0.05, 0.1) is 6.42 Å². The molecule has 1 fully saturated rings. The van der Waals surface area contributed by atoms with Crippen LogP contribution < -0.4 is 0 Å². The van der Waals surface area contributed by atoms with Gasteiger partial charge in [-0.05, 0) is 25.1 Å². The molecule has 1 heterocycles. The normalized spacial score (nSPS) is 15.7. The average Bonchev–Trinajstić information content (AvgIpc) is 2.88. The lowest BCUT2D eigenvalue weighted by Crippen LogP contribution is -2.05. The SMILES string of the molecule is O=C(O)CCc1n[nH]c(=S)n1C1CC1. The second-order valence-corrected chi connectivity index (χ2v) is 3.83. The molecule has 2 rings (SSSR count). The fraction of sp³-hybridized carbons (Fsp3) is 0.625. The second kappa shape index (κ2) is 3.53. The first-order chi connectivity index (χ1) is 6.68. The molecular weight excluding hydrogens is 202 g/mol. The van der Waals surface area contributed by atoms with E-state index in [1.807, 2.05) is 4.57 Å². The molecule has 0 unspecified atom stereocenters. The molecule has 76 valence electrons. The molecule has 0 aliphatic heterocycles. The first-order valence-corrected chi connectivity index (χ1v) is 4.97. The summed E-state index contributed by atoms with van der Waals surface area (Å²) < 4.78 is 2.55. The molecule has 14 heavy (non-hydrogen) atoms. The number of rotatable bonds is 4. The van der Waals surface area contributed by atoms with Gasteiger partial charge in [-0.3, -0.25) is 9.89 Å². The Morgan fingerprint density at radius 2 is 2.43 bits per heavy atom. The number of H-pyrrole nitrogens is 1. The van der Waals surface area contributed by atoms with Crippen molar-refractivity contribution in [1.29, 1.82) is 0 Å². The third-order valence-corrected chi connectivity index (χ3v) is 2.54. The molecule has 1 saturated carbocycles. The molecule has 0 atom stereocenters. The molecule has 0 aromatic carbocycles. The topological polar surface area (TPSA) is 70.9 Å². The molecule has 1 aromatic heterocycles. The first-order valence-electron chi connectivity index (χ1n) is 4.56. The van der Waals surface area contributed by atoms with E-state index in [1.54, 1.807) is 0 Å². The van der Waals surface area contributed by atoms with Crippen molar-refractivity contribution >= 4 is 18.2 Å². The summed E-state index contributed by atoms with van der Waals surface area (Å²) in [5.41, 5.74) is 0. The van der Waals surface area contributed by atoms with Gasteiger partial charge in [-0.2, -0.15) is 5.10 Å². The molecule has 0 bridgehead atoms. The molecule has 0 radical (unpaired) electrons. The molecule has 1 aromatic rings. The Labute approximate surface area is 85.8 Å². The van der Waals surface area contributed by atoms with E-state index in [2.05, 4.69) is 10.2 Å². The smallest absolute Gasteiger partial charge is 0.303 e. The average molecular weight is 213 g/mol. The highest BCUT2D eigenvalue weighted by molar-refractivity contribution is 7.71. The summed E-state index contributed by atoms with van der Waals surface area (Å²) in [7, 11) is 0. The van der Waals surface area contributed by atoms with Crippen molar-refractivity contribution in [2.24, 2.45) is 0 Å². The van der Waals surface area contributed by atoms with Gasteiger partial charge in [-0.15, -0.1) is 0 Å². The summed E-state index contributed by atoms with van der Waals surface area (Å²) in [6, 6.07) is 0.449. The fourth-order valence-corrected chi connectivity index (χ4v) is 1.74. The van der Waals surface area contributed by atoms with Crippen LogP contribution in [0.5, 0.6) is 0 Å². The van der Waals surface area contributed by atoms with E-state index in [0.717, 1.165) is 18.7 Å². The molecule has 0 amide bonds. The number of aryl methyl sites for hydroxylation is 1. The molecule has 5 nitrogen and oxygen atoms in total. The number of carbonyl (C=O) groups is 1. The first kappa shape index (κ1) is 9.39. The summed E-state index contributed by atoms with van der Waals surface area (Å²) in [5.74, 6) is -0.0406. The van der Waals surface area contributed by atoms with E-state index in [0.29, 0.717) is 17.2 Å². The van der Waals surface area contributed by atoms with Crippen molar-refractivity contribution in [2.75, 3.05) is 0 Å². The summed E-state index contributed by atoms with van der Waals surface area (Å²) in [6.45, 7) is 0. The highest BCUT2D eigenvalue weighted by atomic mass is 32.1. The van der Waals surface area contributed by atoms with Crippen LogP contribution in [0, 0.1) is 4.77 Å². The van der Waals surface area contributed by atoms with E-state index in [-0.39, 0.29) is 6.42 Å². The maximum atomic E-state index is 10.4. The summed E-state index contributed by atoms with van der Waals surface area (Å²) in [5, 5.41) is 15.3. The van der Waals surface area contributed by atoms with E-state index in [4.69, 9.17) is 17.3 Å². The van der Waals surface area contributed by atoms with Gasteiger partial charge in [0.1, 0.15) is 5.82 Å². The lowest BCUT2D eigenvalue weighted by atomic mass is 10.3. The third kappa shape index (κ3) is 1.84. The standard InChI is InChI=1S/C8H11N3O2S/c12-7(13)4-3-6-9-10-8(14)11(6)5-1-2-5/h5H,1-4H2,(H,10,14)(H,12,13). The van der Waals surface area contributed by atoms with Crippen LogP contribution in [0.4, 0.5) is 0 Å². The maximum absolute atomic E-state index is 10.4.